The first kappa shape index (κ1) is 9.98. The zero-order chi connectivity index (χ0) is 9.19. The van der Waals surface area contributed by atoms with Gasteiger partial charge in [0, 0.05) is 4.88 Å². The van der Waals surface area contributed by atoms with Crippen LogP contribution in [0.3, 0.4) is 0 Å². The predicted molar refractivity (Wildman–Crippen MR) is 51.0 cm³/mol. The van der Waals surface area contributed by atoms with E-state index in [0.29, 0.717) is 4.34 Å². The number of hydrogen-bond donors (Lipinski definition) is 1. The van der Waals surface area contributed by atoms with Crippen LogP contribution in [0.15, 0.2) is 12.1 Å². The standard InChI is InChI=1S/C6H8ClNO2S2/c1-8-12(9,10)4-5-2-3-6(7)11-5/h2-3,8H,4H2,1H3. The summed E-state index contributed by atoms with van der Waals surface area (Å²) in [5.74, 6) is 0.000880. The predicted octanol–water partition coefficient (Wildman–Crippen LogP) is 1.45. The molecule has 0 aliphatic rings. The van der Waals surface area contributed by atoms with E-state index in [1.807, 2.05) is 0 Å². The van der Waals surface area contributed by atoms with E-state index >= 15 is 0 Å². The molecule has 0 fully saturated rings. The topological polar surface area (TPSA) is 46.2 Å². The zero-order valence-electron chi connectivity index (χ0n) is 6.37. The van der Waals surface area contributed by atoms with Crippen LogP contribution in [0, 0.1) is 0 Å². The maximum atomic E-state index is 11.0. The van der Waals surface area contributed by atoms with Crippen LogP contribution in [0.2, 0.25) is 4.34 Å². The first-order chi connectivity index (χ1) is 5.53. The zero-order valence-corrected chi connectivity index (χ0v) is 8.76. The monoisotopic (exact) mass is 225 g/mol. The molecule has 0 aromatic carbocycles. The lowest BCUT2D eigenvalue weighted by Crippen LogP contribution is -2.19. The van der Waals surface area contributed by atoms with Crippen molar-refractivity contribution < 1.29 is 8.42 Å². The van der Waals surface area contributed by atoms with Gasteiger partial charge in [0.1, 0.15) is 0 Å². The summed E-state index contributed by atoms with van der Waals surface area (Å²) in [6, 6.07) is 3.40. The fourth-order valence-corrected chi connectivity index (χ4v) is 2.89. The Kier molecular flexibility index (Phi) is 3.11. The van der Waals surface area contributed by atoms with Crippen LogP contribution in [0.4, 0.5) is 0 Å². The van der Waals surface area contributed by atoms with Gasteiger partial charge in [-0.15, -0.1) is 11.3 Å². The summed E-state index contributed by atoms with van der Waals surface area (Å²) in [7, 11) is -1.76. The van der Waals surface area contributed by atoms with Crippen molar-refractivity contribution >= 4 is 33.0 Å². The van der Waals surface area contributed by atoms with Gasteiger partial charge in [-0.2, -0.15) is 0 Å². The summed E-state index contributed by atoms with van der Waals surface area (Å²) in [4.78, 5) is 0.745. The summed E-state index contributed by atoms with van der Waals surface area (Å²) in [6.07, 6.45) is 0. The summed E-state index contributed by atoms with van der Waals surface area (Å²) >= 11 is 6.91. The molecule has 1 aromatic rings. The number of hydrogen-bond acceptors (Lipinski definition) is 3. The van der Waals surface area contributed by atoms with Gasteiger partial charge < -0.3 is 0 Å². The van der Waals surface area contributed by atoms with Crippen LogP contribution in [0.5, 0.6) is 0 Å². The molecular weight excluding hydrogens is 218 g/mol. The fraction of sp³-hybridized carbons (Fsp3) is 0.333. The van der Waals surface area contributed by atoms with E-state index in [1.54, 1.807) is 12.1 Å². The smallest absolute Gasteiger partial charge is 0.216 e. The lowest BCUT2D eigenvalue weighted by atomic mass is 10.5. The fourth-order valence-electron chi connectivity index (χ4n) is 0.689. The Labute approximate surface area is 80.4 Å². The van der Waals surface area contributed by atoms with E-state index in [2.05, 4.69) is 4.72 Å². The average molecular weight is 226 g/mol. The maximum Gasteiger partial charge on any atom is 0.216 e. The number of rotatable bonds is 3. The Morgan fingerprint density at radius 2 is 2.25 bits per heavy atom. The summed E-state index contributed by atoms with van der Waals surface area (Å²) in [5.41, 5.74) is 0. The van der Waals surface area contributed by atoms with Crippen molar-refractivity contribution in [2.24, 2.45) is 0 Å². The van der Waals surface area contributed by atoms with Crippen LogP contribution < -0.4 is 4.72 Å². The van der Waals surface area contributed by atoms with Gasteiger partial charge in [-0.05, 0) is 19.2 Å². The largest absolute Gasteiger partial charge is 0.218 e. The molecule has 0 bridgehead atoms. The summed E-state index contributed by atoms with van der Waals surface area (Å²) in [5, 5.41) is 0. The normalized spacial score (nSPS) is 11.8. The van der Waals surface area contributed by atoms with Crippen LogP contribution in [-0.2, 0) is 15.8 Å². The Morgan fingerprint density at radius 1 is 1.58 bits per heavy atom. The van der Waals surface area contributed by atoms with E-state index < -0.39 is 10.0 Å². The number of nitrogens with one attached hydrogen (secondary N) is 1. The SMILES string of the molecule is CNS(=O)(=O)Cc1ccc(Cl)s1. The van der Waals surface area contributed by atoms with Gasteiger partial charge >= 0.3 is 0 Å². The molecule has 0 atom stereocenters. The quantitative estimate of drug-likeness (QED) is 0.847. The van der Waals surface area contributed by atoms with E-state index in [0.717, 1.165) is 4.88 Å². The highest BCUT2D eigenvalue weighted by Gasteiger charge is 2.09. The second kappa shape index (κ2) is 3.74. The van der Waals surface area contributed by atoms with Crippen LogP contribution >= 0.6 is 22.9 Å². The summed E-state index contributed by atoms with van der Waals surface area (Å²) < 4.78 is 24.9. The van der Waals surface area contributed by atoms with E-state index in [1.165, 1.54) is 18.4 Å². The molecule has 0 aliphatic carbocycles. The van der Waals surface area contributed by atoms with Gasteiger partial charge in [0.2, 0.25) is 10.0 Å². The van der Waals surface area contributed by atoms with Crippen molar-refractivity contribution in [2.75, 3.05) is 7.05 Å². The maximum absolute atomic E-state index is 11.0. The second-order valence-electron chi connectivity index (χ2n) is 2.17. The molecule has 0 aliphatic heterocycles. The second-order valence-corrected chi connectivity index (χ2v) is 5.90. The Bertz CT molecular complexity index is 357. The molecule has 0 amide bonds. The third-order valence-electron chi connectivity index (χ3n) is 1.27. The van der Waals surface area contributed by atoms with Crippen molar-refractivity contribution in [1.29, 1.82) is 0 Å². The molecule has 1 rings (SSSR count). The van der Waals surface area contributed by atoms with Crippen LogP contribution in [-0.4, -0.2) is 15.5 Å². The highest BCUT2D eigenvalue weighted by molar-refractivity contribution is 7.88. The highest BCUT2D eigenvalue weighted by atomic mass is 35.5. The summed E-state index contributed by atoms with van der Waals surface area (Å²) in [6.45, 7) is 0. The molecule has 3 nitrogen and oxygen atoms in total. The molecule has 12 heavy (non-hydrogen) atoms. The average Bonchev–Trinajstić information content (AvgIpc) is 2.35. The first-order valence-electron chi connectivity index (χ1n) is 3.19. The molecule has 0 radical (unpaired) electrons. The van der Waals surface area contributed by atoms with Crippen LogP contribution in [0.25, 0.3) is 0 Å². The Hall–Kier alpha value is -0.100. The molecular formula is C6H8ClNO2S2. The molecule has 0 saturated heterocycles. The highest BCUT2D eigenvalue weighted by Crippen LogP contribution is 2.22. The Balaban J connectivity index is 2.77. The van der Waals surface area contributed by atoms with E-state index in [4.69, 9.17) is 11.6 Å². The molecule has 1 heterocycles. The third kappa shape index (κ3) is 2.75. The Morgan fingerprint density at radius 3 is 2.67 bits per heavy atom. The number of halogens is 1. The van der Waals surface area contributed by atoms with Crippen molar-refractivity contribution in [3.63, 3.8) is 0 Å². The van der Waals surface area contributed by atoms with Crippen molar-refractivity contribution in [1.82, 2.24) is 4.72 Å². The van der Waals surface area contributed by atoms with Gasteiger partial charge in [0.05, 0.1) is 10.1 Å². The van der Waals surface area contributed by atoms with E-state index in [9.17, 15) is 8.42 Å². The number of sulfonamides is 1. The minimum atomic E-state index is -3.16. The molecule has 68 valence electrons. The first-order valence-corrected chi connectivity index (χ1v) is 6.03. The minimum Gasteiger partial charge on any atom is -0.218 e. The van der Waals surface area contributed by atoms with Gasteiger partial charge in [-0.25, -0.2) is 13.1 Å². The van der Waals surface area contributed by atoms with Gasteiger partial charge in [0.25, 0.3) is 0 Å². The van der Waals surface area contributed by atoms with Gasteiger partial charge in [-0.3, -0.25) is 0 Å². The molecule has 0 saturated carbocycles. The van der Waals surface area contributed by atoms with Crippen molar-refractivity contribution in [3.8, 4) is 0 Å². The van der Waals surface area contributed by atoms with Gasteiger partial charge in [0.15, 0.2) is 0 Å². The third-order valence-corrected chi connectivity index (χ3v) is 4.00. The molecule has 6 heteroatoms. The molecule has 1 N–H and O–H groups in total. The van der Waals surface area contributed by atoms with Crippen molar-refractivity contribution in [3.05, 3.63) is 21.3 Å². The van der Waals surface area contributed by atoms with E-state index in [-0.39, 0.29) is 5.75 Å². The lowest BCUT2D eigenvalue weighted by molar-refractivity contribution is 0.588. The minimum absolute atomic E-state index is 0.000880. The molecule has 1 aromatic heterocycles. The number of thiophene rings is 1. The lowest BCUT2D eigenvalue weighted by Gasteiger charge is -1.97. The molecule has 0 unspecified atom stereocenters. The van der Waals surface area contributed by atoms with Crippen LogP contribution in [0.1, 0.15) is 4.88 Å². The molecule has 0 spiro atoms. The van der Waals surface area contributed by atoms with Crippen molar-refractivity contribution in [2.45, 2.75) is 5.75 Å². The van der Waals surface area contributed by atoms with Gasteiger partial charge in [-0.1, -0.05) is 11.6 Å².